The van der Waals surface area contributed by atoms with Gasteiger partial charge in [-0.2, -0.15) is 13.2 Å². The first kappa shape index (κ1) is 12.0. The van der Waals surface area contributed by atoms with Gasteiger partial charge in [0.25, 0.3) is 0 Å². The van der Waals surface area contributed by atoms with Gasteiger partial charge in [-0.25, -0.2) is 0 Å². The second-order valence-electron chi connectivity index (χ2n) is 2.84. The molecule has 0 nitrogen and oxygen atoms in total. The van der Waals surface area contributed by atoms with Crippen molar-refractivity contribution < 1.29 is 13.2 Å². The molecule has 1 aromatic rings. The molecule has 0 fully saturated rings. The van der Waals surface area contributed by atoms with Gasteiger partial charge in [0.1, 0.15) is 0 Å². The summed E-state index contributed by atoms with van der Waals surface area (Å²) in [5.74, 6) is 0. The molecule has 1 atom stereocenters. The van der Waals surface area contributed by atoms with Crippen molar-refractivity contribution in [3.8, 4) is 0 Å². The minimum absolute atomic E-state index is 0.630. The van der Waals surface area contributed by atoms with Crippen LogP contribution in [0.3, 0.4) is 0 Å². The van der Waals surface area contributed by atoms with Gasteiger partial charge in [0.15, 0.2) is 0 Å². The average molecular weight is 332 g/mol. The lowest BCUT2D eigenvalue weighted by Crippen LogP contribution is -2.10. The standard InChI is InChI=1S/C9H7Br2F3/c10-7-3-1-6(2-4-7)8(11)5-9(12,13)14/h1-4,8H,5H2. The van der Waals surface area contributed by atoms with E-state index >= 15 is 0 Å². The van der Waals surface area contributed by atoms with Gasteiger partial charge in [0, 0.05) is 9.30 Å². The number of halogens is 5. The van der Waals surface area contributed by atoms with E-state index < -0.39 is 17.4 Å². The van der Waals surface area contributed by atoms with Gasteiger partial charge in [-0.1, -0.05) is 44.0 Å². The van der Waals surface area contributed by atoms with Crippen molar-refractivity contribution in [2.45, 2.75) is 17.4 Å². The van der Waals surface area contributed by atoms with Crippen molar-refractivity contribution in [2.75, 3.05) is 0 Å². The van der Waals surface area contributed by atoms with E-state index in [2.05, 4.69) is 31.9 Å². The molecule has 1 unspecified atom stereocenters. The van der Waals surface area contributed by atoms with Crippen LogP contribution in [0.2, 0.25) is 0 Å². The summed E-state index contributed by atoms with van der Waals surface area (Å²) in [4.78, 5) is -0.671. The Morgan fingerprint density at radius 3 is 2.07 bits per heavy atom. The van der Waals surface area contributed by atoms with Gasteiger partial charge in [0.2, 0.25) is 0 Å². The molecule has 1 rings (SSSR count). The van der Waals surface area contributed by atoms with E-state index in [9.17, 15) is 13.2 Å². The Labute approximate surface area is 96.8 Å². The summed E-state index contributed by atoms with van der Waals surface area (Å²) in [7, 11) is 0. The van der Waals surface area contributed by atoms with Gasteiger partial charge in [-0.15, -0.1) is 0 Å². The molecule has 0 saturated heterocycles. The molecule has 14 heavy (non-hydrogen) atoms. The Balaban J connectivity index is 2.70. The van der Waals surface area contributed by atoms with Crippen LogP contribution in [-0.4, -0.2) is 6.18 Å². The summed E-state index contributed by atoms with van der Waals surface area (Å²) in [6, 6.07) is 6.77. The molecule has 0 spiro atoms. The molecule has 0 bridgehead atoms. The Hall–Kier alpha value is -0.0300. The zero-order valence-corrected chi connectivity index (χ0v) is 10.2. The summed E-state index contributed by atoms with van der Waals surface area (Å²) in [6.45, 7) is 0. The van der Waals surface area contributed by atoms with E-state index in [1.165, 1.54) is 0 Å². The van der Waals surface area contributed by atoms with Crippen LogP contribution in [0.4, 0.5) is 13.2 Å². The third-order valence-corrected chi connectivity index (χ3v) is 3.02. The SMILES string of the molecule is FC(F)(F)CC(Br)c1ccc(Br)cc1. The van der Waals surface area contributed by atoms with E-state index in [4.69, 9.17) is 0 Å². The molecule has 0 radical (unpaired) electrons. The number of alkyl halides is 4. The summed E-state index contributed by atoms with van der Waals surface area (Å²) < 4.78 is 36.9. The summed E-state index contributed by atoms with van der Waals surface area (Å²) in [5, 5.41) is 0. The molecule has 0 aliphatic heterocycles. The number of hydrogen-bond donors (Lipinski definition) is 0. The summed E-state index contributed by atoms with van der Waals surface area (Å²) in [5.41, 5.74) is 0.630. The van der Waals surface area contributed by atoms with Crippen molar-refractivity contribution in [3.05, 3.63) is 34.3 Å². The maximum absolute atomic E-state index is 12.0. The first-order valence-electron chi connectivity index (χ1n) is 3.85. The lowest BCUT2D eigenvalue weighted by molar-refractivity contribution is -0.134. The molecule has 0 saturated carbocycles. The fourth-order valence-corrected chi connectivity index (χ4v) is 1.93. The van der Waals surface area contributed by atoms with Gasteiger partial charge < -0.3 is 0 Å². The molecule has 1 aromatic carbocycles. The van der Waals surface area contributed by atoms with E-state index in [-0.39, 0.29) is 0 Å². The normalized spacial score (nSPS) is 14.1. The maximum atomic E-state index is 12.0. The van der Waals surface area contributed by atoms with Gasteiger partial charge >= 0.3 is 6.18 Å². The first-order valence-corrected chi connectivity index (χ1v) is 5.55. The highest BCUT2D eigenvalue weighted by atomic mass is 79.9. The van der Waals surface area contributed by atoms with Crippen LogP contribution >= 0.6 is 31.9 Å². The van der Waals surface area contributed by atoms with Crippen molar-refractivity contribution in [1.29, 1.82) is 0 Å². The Morgan fingerprint density at radius 1 is 1.14 bits per heavy atom. The Bertz CT molecular complexity index is 292. The van der Waals surface area contributed by atoms with Crippen LogP contribution in [-0.2, 0) is 0 Å². The minimum Gasteiger partial charge on any atom is -0.171 e. The van der Waals surface area contributed by atoms with Crippen LogP contribution in [0.25, 0.3) is 0 Å². The van der Waals surface area contributed by atoms with Crippen LogP contribution < -0.4 is 0 Å². The van der Waals surface area contributed by atoms with Crippen LogP contribution in [0, 0.1) is 0 Å². The highest BCUT2D eigenvalue weighted by molar-refractivity contribution is 9.10. The number of hydrogen-bond acceptors (Lipinski definition) is 0. The smallest absolute Gasteiger partial charge is 0.171 e. The van der Waals surface area contributed by atoms with Crippen molar-refractivity contribution >= 4 is 31.9 Å². The first-order chi connectivity index (χ1) is 6.38. The number of rotatable bonds is 2. The molecular formula is C9H7Br2F3. The third-order valence-electron chi connectivity index (χ3n) is 1.64. The second-order valence-corrected chi connectivity index (χ2v) is 4.86. The summed E-state index contributed by atoms with van der Waals surface area (Å²) in [6.07, 6.45) is -4.99. The topological polar surface area (TPSA) is 0 Å². The molecule has 0 aromatic heterocycles. The molecule has 78 valence electrons. The largest absolute Gasteiger partial charge is 0.390 e. The summed E-state index contributed by atoms with van der Waals surface area (Å²) >= 11 is 6.23. The Kier molecular flexibility index (Phi) is 4.01. The van der Waals surface area contributed by atoms with Gasteiger partial charge in [-0.3, -0.25) is 0 Å². The maximum Gasteiger partial charge on any atom is 0.390 e. The van der Waals surface area contributed by atoms with Crippen molar-refractivity contribution in [2.24, 2.45) is 0 Å². The lowest BCUT2D eigenvalue weighted by atomic mass is 10.1. The van der Waals surface area contributed by atoms with Crippen molar-refractivity contribution in [1.82, 2.24) is 0 Å². The highest BCUT2D eigenvalue weighted by Crippen LogP contribution is 2.35. The fourth-order valence-electron chi connectivity index (χ4n) is 0.993. The third kappa shape index (κ3) is 4.00. The van der Waals surface area contributed by atoms with Crippen molar-refractivity contribution in [3.63, 3.8) is 0 Å². The molecule has 0 amide bonds. The highest BCUT2D eigenvalue weighted by Gasteiger charge is 2.31. The predicted octanol–water partition coefficient (Wildman–Crippen LogP) is 4.84. The number of benzene rings is 1. The molecule has 0 N–H and O–H groups in total. The molecule has 0 aliphatic rings. The quantitative estimate of drug-likeness (QED) is 0.680. The predicted molar refractivity (Wildman–Crippen MR) is 56.5 cm³/mol. The van der Waals surface area contributed by atoms with E-state index in [1.54, 1.807) is 24.3 Å². The Morgan fingerprint density at radius 2 is 1.64 bits per heavy atom. The molecular weight excluding hydrogens is 325 g/mol. The molecule has 0 aliphatic carbocycles. The zero-order chi connectivity index (χ0) is 10.8. The van der Waals surface area contributed by atoms with Crippen LogP contribution in [0.15, 0.2) is 28.7 Å². The average Bonchev–Trinajstić information content (AvgIpc) is 2.02. The van der Waals surface area contributed by atoms with E-state index in [0.717, 1.165) is 4.47 Å². The second kappa shape index (κ2) is 4.66. The lowest BCUT2D eigenvalue weighted by Gasteiger charge is -2.12. The minimum atomic E-state index is -4.14. The fraction of sp³-hybridized carbons (Fsp3) is 0.333. The van der Waals surface area contributed by atoms with Crippen LogP contribution in [0.5, 0.6) is 0 Å². The van der Waals surface area contributed by atoms with E-state index in [1.807, 2.05) is 0 Å². The van der Waals surface area contributed by atoms with Gasteiger partial charge in [0.05, 0.1) is 6.42 Å². The van der Waals surface area contributed by atoms with E-state index in [0.29, 0.717) is 5.56 Å². The molecule has 5 heteroatoms. The molecule has 0 heterocycles. The van der Waals surface area contributed by atoms with Gasteiger partial charge in [-0.05, 0) is 17.7 Å². The zero-order valence-electron chi connectivity index (χ0n) is 6.98. The van der Waals surface area contributed by atoms with Crippen LogP contribution in [0.1, 0.15) is 16.8 Å². The monoisotopic (exact) mass is 330 g/mol.